The standard InChI is InChI=1S/C15H18N2O2S/c1-2-14-16-12(11-20-14)10-17(9-8-15(18)19)13-6-4-3-5-7-13/h3-7,11H,2,8-10H2,1H3,(H,18,19). The first-order valence-corrected chi connectivity index (χ1v) is 7.52. The minimum atomic E-state index is -0.779. The molecule has 0 atom stereocenters. The zero-order valence-corrected chi connectivity index (χ0v) is 12.3. The van der Waals surface area contributed by atoms with Crippen molar-refractivity contribution >= 4 is 23.0 Å². The van der Waals surface area contributed by atoms with Gasteiger partial charge < -0.3 is 10.0 Å². The first-order chi connectivity index (χ1) is 9.69. The molecule has 5 heteroatoms. The Kier molecular flexibility index (Phi) is 5.12. The molecule has 0 aliphatic carbocycles. The maximum atomic E-state index is 10.8. The monoisotopic (exact) mass is 290 g/mol. The van der Waals surface area contributed by atoms with E-state index in [1.807, 2.05) is 30.3 Å². The molecule has 0 bridgehead atoms. The molecule has 106 valence electrons. The average Bonchev–Trinajstić information content (AvgIpc) is 2.92. The molecule has 0 unspecified atom stereocenters. The zero-order chi connectivity index (χ0) is 14.4. The topological polar surface area (TPSA) is 53.4 Å². The summed E-state index contributed by atoms with van der Waals surface area (Å²) in [5, 5.41) is 12.0. The van der Waals surface area contributed by atoms with Crippen molar-refractivity contribution in [2.75, 3.05) is 11.4 Å². The summed E-state index contributed by atoms with van der Waals surface area (Å²) in [6.07, 6.45) is 1.06. The molecule has 1 aromatic carbocycles. The summed E-state index contributed by atoms with van der Waals surface area (Å²) >= 11 is 1.66. The molecule has 0 spiro atoms. The molecule has 1 aromatic heterocycles. The van der Waals surface area contributed by atoms with Gasteiger partial charge in [-0.25, -0.2) is 4.98 Å². The Bertz CT molecular complexity index is 554. The number of hydrogen-bond acceptors (Lipinski definition) is 4. The molecule has 0 fully saturated rings. The minimum Gasteiger partial charge on any atom is -0.481 e. The lowest BCUT2D eigenvalue weighted by atomic mass is 10.2. The lowest BCUT2D eigenvalue weighted by Gasteiger charge is -2.23. The van der Waals surface area contributed by atoms with Gasteiger partial charge in [0.15, 0.2) is 0 Å². The Morgan fingerprint density at radius 1 is 1.35 bits per heavy atom. The van der Waals surface area contributed by atoms with Crippen LogP contribution in [-0.4, -0.2) is 22.6 Å². The van der Waals surface area contributed by atoms with Crippen LogP contribution >= 0.6 is 11.3 Å². The first-order valence-electron chi connectivity index (χ1n) is 6.64. The third-order valence-corrected chi connectivity index (χ3v) is 4.01. The fraction of sp³-hybridized carbons (Fsp3) is 0.333. The summed E-state index contributed by atoms with van der Waals surface area (Å²) in [6, 6.07) is 9.87. The Labute approximate surface area is 122 Å². The van der Waals surface area contributed by atoms with E-state index < -0.39 is 5.97 Å². The van der Waals surface area contributed by atoms with Crippen molar-refractivity contribution in [3.05, 3.63) is 46.4 Å². The molecule has 1 heterocycles. The van der Waals surface area contributed by atoms with Crippen LogP contribution in [0.2, 0.25) is 0 Å². The fourth-order valence-electron chi connectivity index (χ4n) is 1.95. The van der Waals surface area contributed by atoms with Gasteiger partial charge in [-0.2, -0.15) is 0 Å². The predicted molar refractivity (Wildman–Crippen MR) is 81.2 cm³/mol. The van der Waals surface area contributed by atoms with Gasteiger partial charge in [-0.3, -0.25) is 4.79 Å². The zero-order valence-electron chi connectivity index (χ0n) is 11.5. The van der Waals surface area contributed by atoms with Gasteiger partial charge in [0, 0.05) is 17.6 Å². The van der Waals surface area contributed by atoms with Crippen LogP contribution in [0.25, 0.3) is 0 Å². The number of benzene rings is 1. The van der Waals surface area contributed by atoms with Crippen LogP contribution in [-0.2, 0) is 17.8 Å². The van der Waals surface area contributed by atoms with Crippen LogP contribution < -0.4 is 4.90 Å². The molecule has 4 nitrogen and oxygen atoms in total. The molecule has 0 saturated carbocycles. The van der Waals surface area contributed by atoms with Crippen LogP contribution in [0.1, 0.15) is 24.0 Å². The molecule has 0 radical (unpaired) electrons. The molecule has 2 aromatic rings. The number of aryl methyl sites for hydroxylation is 1. The highest BCUT2D eigenvalue weighted by molar-refractivity contribution is 7.09. The second-order valence-corrected chi connectivity index (χ2v) is 5.43. The van der Waals surface area contributed by atoms with Gasteiger partial charge in [-0.15, -0.1) is 11.3 Å². The maximum Gasteiger partial charge on any atom is 0.305 e. The van der Waals surface area contributed by atoms with Gasteiger partial charge in [-0.05, 0) is 18.6 Å². The van der Waals surface area contributed by atoms with Gasteiger partial charge >= 0.3 is 5.97 Å². The predicted octanol–water partition coefficient (Wildman–Crippen LogP) is 3.19. The Hall–Kier alpha value is -1.88. The van der Waals surface area contributed by atoms with Gasteiger partial charge in [0.2, 0.25) is 0 Å². The SMILES string of the molecule is CCc1nc(CN(CCC(=O)O)c2ccccc2)cs1. The normalized spacial score (nSPS) is 10.4. The van der Waals surface area contributed by atoms with Gasteiger partial charge in [0.1, 0.15) is 0 Å². The van der Waals surface area contributed by atoms with E-state index in [2.05, 4.69) is 22.2 Å². The molecular formula is C15H18N2O2S. The molecule has 0 aliphatic heterocycles. The lowest BCUT2D eigenvalue weighted by Crippen LogP contribution is -2.25. The summed E-state index contributed by atoms with van der Waals surface area (Å²) in [6.45, 7) is 3.22. The Morgan fingerprint density at radius 2 is 2.10 bits per heavy atom. The molecule has 0 saturated heterocycles. The van der Waals surface area contributed by atoms with Crippen LogP contribution in [0.5, 0.6) is 0 Å². The van der Waals surface area contributed by atoms with Crippen LogP contribution in [0.15, 0.2) is 35.7 Å². The number of nitrogens with zero attached hydrogens (tertiary/aromatic N) is 2. The van der Waals surface area contributed by atoms with Crippen molar-refractivity contribution in [2.24, 2.45) is 0 Å². The Balaban J connectivity index is 2.11. The van der Waals surface area contributed by atoms with E-state index in [9.17, 15) is 4.79 Å². The number of rotatable bonds is 7. The van der Waals surface area contributed by atoms with E-state index in [0.29, 0.717) is 13.1 Å². The largest absolute Gasteiger partial charge is 0.481 e. The number of para-hydroxylation sites is 1. The number of carboxylic acids is 1. The summed E-state index contributed by atoms with van der Waals surface area (Å²) in [4.78, 5) is 17.4. The number of aliphatic carboxylic acids is 1. The second-order valence-electron chi connectivity index (χ2n) is 4.49. The second kappa shape index (κ2) is 7.05. The molecule has 2 rings (SSSR count). The number of hydrogen-bond donors (Lipinski definition) is 1. The van der Waals surface area contributed by atoms with Crippen LogP contribution in [0, 0.1) is 0 Å². The number of carbonyl (C=O) groups is 1. The molecule has 20 heavy (non-hydrogen) atoms. The fourth-order valence-corrected chi connectivity index (χ4v) is 2.68. The highest BCUT2D eigenvalue weighted by atomic mass is 32.1. The van der Waals surface area contributed by atoms with Crippen molar-refractivity contribution in [1.29, 1.82) is 0 Å². The molecule has 0 amide bonds. The van der Waals surface area contributed by atoms with E-state index in [0.717, 1.165) is 22.8 Å². The van der Waals surface area contributed by atoms with Crippen LogP contribution in [0.3, 0.4) is 0 Å². The first kappa shape index (κ1) is 14.5. The van der Waals surface area contributed by atoms with Gasteiger partial charge in [0.25, 0.3) is 0 Å². The summed E-state index contributed by atoms with van der Waals surface area (Å²) in [5.74, 6) is -0.779. The molecule has 0 aliphatic rings. The van der Waals surface area contributed by atoms with E-state index >= 15 is 0 Å². The minimum absolute atomic E-state index is 0.125. The van der Waals surface area contributed by atoms with Crippen LogP contribution in [0.4, 0.5) is 5.69 Å². The van der Waals surface area contributed by atoms with E-state index in [1.54, 1.807) is 11.3 Å². The van der Waals surface area contributed by atoms with Crippen molar-refractivity contribution < 1.29 is 9.90 Å². The van der Waals surface area contributed by atoms with E-state index in [4.69, 9.17) is 5.11 Å². The highest BCUT2D eigenvalue weighted by Crippen LogP contribution is 2.18. The number of anilines is 1. The van der Waals surface area contributed by atoms with Gasteiger partial charge in [-0.1, -0.05) is 25.1 Å². The number of thiazole rings is 1. The third-order valence-electron chi connectivity index (χ3n) is 2.97. The lowest BCUT2D eigenvalue weighted by molar-refractivity contribution is -0.136. The summed E-state index contributed by atoms with van der Waals surface area (Å²) < 4.78 is 0. The maximum absolute atomic E-state index is 10.8. The quantitative estimate of drug-likeness (QED) is 0.851. The summed E-state index contributed by atoms with van der Waals surface area (Å²) in [5.41, 5.74) is 2.03. The summed E-state index contributed by atoms with van der Waals surface area (Å²) in [7, 11) is 0. The van der Waals surface area contributed by atoms with E-state index in [-0.39, 0.29) is 6.42 Å². The smallest absolute Gasteiger partial charge is 0.305 e. The van der Waals surface area contributed by atoms with Crippen molar-refractivity contribution in [3.63, 3.8) is 0 Å². The van der Waals surface area contributed by atoms with Gasteiger partial charge in [0.05, 0.1) is 23.7 Å². The van der Waals surface area contributed by atoms with Crippen molar-refractivity contribution in [2.45, 2.75) is 26.3 Å². The number of aromatic nitrogens is 1. The van der Waals surface area contributed by atoms with Crippen molar-refractivity contribution in [3.8, 4) is 0 Å². The van der Waals surface area contributed by atoms with Crippen molar-refractivity contribution in [1.82, 2.24) is 4.98 Å². The highest BCUT2D eigenvalue weighted by Gasteiger charge is 2.11. The average molecular weight is 290 g/mol. The molecule has 1 N–H and O–H groups in total. The third kappa shape index (κ3) is 4.06. The molecular weight excluding hydrogens is 272 g/mol. The van der Waals surface area contributed by atoms with E-state index in [1.165, 1.54) is 0 Å². The Morgan fingerprint density at radius 3 is 2.70 bits per heavy atom. The number of carboxylic acid groups (broad SMARTS) is 1.